The summed E-state index contributed by atoms with van der Waals surface area (Å²) in [5, 5.41) is 8.95. The minimum Gasteiger partial charge on any atom is -0.362 e. The molecule has 0 fully saturated rings. The summed E-state index contributed by atoms with van der Waals surface area (Å²) >= 11 is 0. The standard InChI is InChI=1S/C23H31N.CH3N/c1-6-7-22(18(4)5)16-24-23-14-12-21(13-15-23)20-10-8-19(9-11-20)17(2)3;1-2/h8-18,24H,6-7H2,1-5H3;2H,1H2/b22-16+;. The van der Waals surface area contributed by atoms with E-state index in [9.17, 15) is 0 Å². The Bertz CT molecular complexity index is 664. The zero-order valence-electron chi connectivity index (χ0n) is 17.0. The highest BCUT2D eigenvalue weighted by Crippen LogP contribution is 2.24. The molecule has 2 nitrogen and oxygen atoms in total. The number of nitrogens with one attached hydrogen (secondary N) is 2. The SMILES string of the molecule is C=N.CCC/C(=C\Nc1ccc(-c2ccc(C(C)C)cc2)cc1)C(C)C. The minimum atomic E-state index is 0.579. The summed E-state index contributed by atoms with van der Waals surface area (Å²) in [6.45, 7) is 13.7. The molecule has 0 atom stereocenters. The van der Waals surface area contributed by atoms with Gasteiger partial charge in [-0.2, -0.15) is 0 Å². The van der Waals surface area contributed by atoms with Crippen molar-refractivity contribution in [3.8, 4) is 11.1 Å². The van der Waals surface area contributed by atoms with Gasteiger partial charge in [0, 0.05) is 11.9 Å². The van der Waals surface area contributed by atoms with Gasteiger partial charge in [0.15, 0.2) is 0 Å². The molecule has 2 aromatic carbocycles. The number of hydrogen-bond donors (Lipinski definition) is 2. The van der Waals surface area contributed by atoms with Crippen LogP contribution < -0.4 is 5.32 Å². The molecular weight excluding hydrogens is 316 g/mol. The van der Waals surface area contributed by atoms with E-state index in [1.54, 1.807) is 0 Å². The third-order valence-corrected chi connectivity index (χ3v) is 4.50. The van der Waals surface area contributed by atoms with Gasteiger partial charge in [-0.3, -0.25) is 0 Å². The molecule has 0 bridgehead atoms. The van der Waals surface area contributed by atoms with E-state index < -0.39 is 0 Å². The maximum atomic E-state index is 5.50. The van der Waals surface area contributed by atoms with Gasteiger partial charge in [-0.25, -0.2) is 0 Å². The van der Waals surface area contributed by atoms with Crippen molar-refractivity contribution < 1.29 is 0 Å². The van der Waals surface area contributed by atoms with Crippen molar-refractivity contribution >= 4 is 12.4 Å². The normalized spacial score (nSPS) is 11.3. The third-order valence-electron chi connectivity index (χ3n) is 4.50. The molecule has 2 heteroatoms. The highest BCUT2D eigenvalue weighted by atomic mass is 14.8. The van der Waals surface area contributed by atoms with Crippen molar-refractivity contribution in [1.29, 1.82) is 5.41 Å². The van der Waals surface area contributed by atoms with Gasteiger partial charge in [-0.05, 0) is 53.8 Å². The quantitative estimate of drug-likeness (QED) is 0.498. The summed E-state index contributed by atoms with van der Waals surface area (Å²) in [7, 11) is 0. The van der Waals surface area contributed by atoms with Crippen LogP contribution in [0, 0.1) is 11.3 Å². The van der Waals surface area contributed by atoms with Crippen molar-refractivity contribution in [2.45, 2.75) is 53.4 Å². The first-order valence-corrected chi connectivity index (χ1v) is 9.52. The van der Waals surface area contributed by atoms with Crippen LogP contribution in [-0.4, -0.2) is 6.72 Å². The molecule has 0 amide bonds. The fraction of sp³-hybridized carbons (Fsp3) is 0.375. The van der Waals surface area contributed by atoms with Crippen LogP contribution in [0.1, 0.15) is 58.9 Å². The molecule has 2 aromatic rings. The molecule has 0 saturated carbocycles. The van der Waals surface area contributed by atoms with E-state index in [4.69, 9.17) is 5.41 Å². The van der Waals surface area contributed by atoms with E-state index in [0.717, 1.165) is 12.1 Å². The number of hydrogen-bond acceptors (Lipinski definition) is 2. The first-order chi connectivity index (χ1) is 12.5. The molecule has 2 rings (SSSR count). The van der Waals surface area contributed by atoms with Gasteiger partial charge in [-0.1, -0.05) is 83.0 Å². The molecule has 0 aliphatic rings. The minimum absolute atomic E-state index is 0.579. The van der Waals surface area contributed by atoms with Crippen molar-refractivity contribution in [3.05, 3.63) is 65.9 Å². The van der Waals surface area contributed by atoms with Gasteiger partial charge in [-0.15, -0.1) is 0 Å². The predicted octanol–water partition coefficient (Wildman–Crippen LogP) is 7.49. The molecule has 140 valence electrons. The van der Waals surface area contributed by atoms with Gasteiger partial charge >= 0.3 is 0 Å². The Morgan fingerprint density at radius 3 is 1.85 bits per heavy atom. The third kappa shape index (κ3) is 6.51. The Hall–Kier alpha value is -2.35. The van der Waals surface area contributed by atoms with E-state index in [-0.39, 0.29) is 0 Å². The second kappa shape index (κ2) is 11.3. The van der Waals surface area contributed by atoms with Crippen molar-refractivity contribution in [1.82, 2.24) is 0 Å². The summed E-state index contributed by atoms with van der Waals surface area (Å²) in [6.07, 6.45) is 4.53. The lowest BCUT2D eigenvalue weighted by molar-refractivity contribution is 0.700. The Balaban J connectivity index is 0.00000163. The maximum absolute atomic E-state index is 5.50. The highest BCUT2D eigenvalue weighted by molar-refractivity contribution is 5.66. The average molecular weight is 351 g/mol. The Morgan fingerprint density at radius 1 is 0.923 bits per heavy atom. The maximum Gasteiger partial charge on any atom is 0.0380 e. The first-order valence-electron chi connectivity index (χ1n) is 9.52. The lowest BCUT2D eigenvalue weighted by Gasteiger charge is -2.12. The van der Waals surface area contributed by atoms with Crippen LogP contribution in [0.25, 0.3) is 11.1 Å². The zero-order chi connectivity index (χ0) is 19.5. The van der Waals surface area contributed by atoms with Crippen LogP contribution in [0.3, 0.4) is 0 Å². The van der Waals surface area contributed by atoms with E-state index in [1.165, 1.54) is 28.7 Å². The number of rotatable bonds is 7. The number of allylic oxidation sites excluding steroid dienone is 1. The molecule has 0 unspecified atom stereocenters. The summed E-state index contributed by atoms with van der Waals surface area (Å²) in [5.41, 5.74) is 6.55. The fourth-order valence-corrected chi connectivity index (χ4v) is 2.81. The molecular formula is C24H34N2. The summed E-state index contributed by atoms with van der Waals surface area (Å²) in [5.74, 6) is 1.17. The predicted molar refractivity (Wildman–Crippen MR) is 117 cm³/mol. The van der Waals surface area contributed by atoms with Gasteiger partial charge in [0.05, 0.1) is 0 Å². The van der Waals surface area contributed by atoms with Gasteiger partial charge in [0.25, 0.3) is 0 Å². The van der Waals surface area contributed by atoms with Crippen LogP contribution in [0.2, 0.25) is 0 Å². The highest BCUT2D eigenvalue weighted by Gasteiger charge is 2.03. The van der Waals surface area contributed by atoms with Crippen molar-refractivity contribution in [3.63, 3.8) is 0 Å². The first kappa shape index (κ1) is 21.7. The lowest BCUT2D eigenvalue weighted by atomic mass is 9.98. The summed E-state index contributed by atoms with van der Waals surface area (Å²) in [4.78, 5) is 0. The van der Waals surface area contributed by atoms with Crippen molar-refractivity contribution in [2.24, 2.45) is 5.92 Å². The van der Waals surface area contributed by atoms with E-state index in [0.29, 0.717) is 11.8 Å². The van der Waals surface area contributed by atoms with Crippen LogP contribution in [-0.2, 0) is 0 Å². The second-order valence-corrected chi connectivity index (χ2v) is 7.12. The van der Waals surface area contributed by atoms with E-state index in [2.05, 4.69) is 101 Å². The monoisotopic (exact) mass is 350 g/mol. The summed E-state index contributed by atoms with van der Waals surface area (Å²) in [6, 6.07) is 17.6. The Morgan fingerprint density at radius 2 is 1.42 bits per heavy atom. The molecule has 0 saturated heterocycles. The smallest absolute Gasteiger partial charge is 0.0380 e. The number of anilines is 1. The van der Waals surface area contributed by atoms with Gasteiger partial charge in [0.2, 0.25) is 0 Å². The topological polar surface area (TPSA) is 35.9 Å². The van der Waals surface area contributed by atoms with Crippen LogP contribution in [0.4, 0.5) is 5.69 Å². The van der Waals surface area contributed by atoms with Crippen LogP contribution >= 0.6 is 0 Å². The fourth-order valence-electron chi connectivity index (χ4n) is 2.81. The van der Waals surface area contributed by atoms with E-state index in [1.807, 2.05) is 0 Å². The van der Waals surface area contributed by atoms with Gasteiger partial charge < -0.3 is 10.7 Å². The molecule has 0 radical (unpaired) electrons. The number of benzene rings is 2. The average Bonchev–Trinajstić information content (AvgIpc) is 2.67. The molecule has 0 aliphatic carbocycles. The molecule has 0 aromatic heterocycles. The Kier molecular flexibility index (Phi) is 9.43. The van der Waals surface area contributed by atoms with E-state index >= 15 is 0 Å². The molecule has 0 aliphatic heterocycles. The molecule has 26 heavy (non-hydrogen) atoms. The van der Waals surface area contributed by atoms with Gasteiger partial charge in [0.1, 0.15) is 0 Å². The zero-order valence-corrected chi connectivity index (χ0v) is 17.0. The lowest BCUT2D eigenvalue weighted by Crippen LogP contribution is -1.98. The Labute approximate surface area is 159 Å². The summed E-state index contributed by atoms with van der Waals surface area (Å²) < 4.78 is 0. The van der Waals surface area contributed by atoms with Crippen LogP contribution in [0.5, 0.6) is 0 Å². The largest absolute Gasteiger partial charge is 0.362 e. The second-order valence-electron chi connectivity index (χ2n) is 7.12. The molecule has 0 spiro atoms. The molecule has 2 N–H and O–H groups in total. The molecule has 0 heterocycles. The van der Waals surface area contributed by atoms with Crippen molar-refractivity contribution in [2.75, 3.05) is 5.32 Å². The van der Waals surface area contributed by atoms with Crippen LogP contribution in [0.15, 0.2) is 60.3 Å².